The van der Waals surface area contributed by atoms with Crippen LogP contribution in [0.3, 0.4) is 0 Å². The van der Waals surface area contributed by atoms with E-state index in [2.05, 4.69) is 20.6 Å². The minimum atomic E-state index is -0.456. The number of anilines is 1. The predicted molar refractivity (Wildman–Crippen MR) is 105 cm³/mol. The molecule has 8 nitrogen and oxygen atoms in total. The molecule has 9 heteroatoms. The Kier molecular flexibility index (Phi) is 6.28. The van der Waals surface area contributed by atoms with Gasteiger partial charge in [0.2, 0.25) is 0 Å². The van der Waals surface area contributed by atoms with Gasteiger partial charge in [0, 0.05) is 10.9 Å². The number of hydrogen-bond donors (Lipinski definition) is 3. The number of rotatable bonds is 7. The normalized spacial score (nSPS) is 12.2. The van der Waals surface area contributed by atoms with Crippen molar-refractivity contribution >= 4 is 22.7 Å². The number of benzene rings is 1. The van der Waals surface area contributed by atoms with Gasteiger partial charge in [-0.1, -0.05) is 13.8 Å². The highest BCUT2D eigenvalue weighted by molar-refractivity contribution is 5.89. The number of amides is 2. The van der Waals surface area contributed by atoms with E-state index < -0.39 is 12.1 Å². The lowest BCUT2D eigenvalue weighted by atomic mass is 9.98. The molecule has 1 aromatic carbocycles. The Bertz CT molecular complexity index is 988. The van der Waals surface area contributed by atoms with E-state index in [1.807, 2.05) is 20.8 Å². The molecule has 154 valence electrons. The third-order valence-electron chi connectivity index (χ3n) is 4.38. The van der Waals surface area contributed by atoms with Gasteiger partial charge in [-0.25, -0.2) is 19.2 Å². The Morgan fingerprint density at radius 2 is 2.03 bits per heavy atom. The standard InChI is InChI=1S/C20H23FN4O4/c1-11(2)17(18-12(3)15-8-13(21)4-5-16(15)29-18)25-19(27)24-14-9-22-20(23-10-14)28-7-6-26/h4-5,8-11,17,26H,6-7H2,1-3H3,(H2,24,25,27)/t17-/m0/s1. The first-order valence-corrected chi connectivity index (χ1v) is 9.20. The van der Waals surface area contributed by atoms with E-state index in [1.165, 1.54) is 24.5 Å². The van der Waals surface area contributed by atoms with Crippen molar-refractivity contribution in [1.82, 2.24) is 15.3 Å². The van der Waals surface area contributed by atoms with Gasteiger partial charge in [0.15, 0.2) is 0 Å². The number of aliphatic hydroxyl groups excluding tert-OH is 1. The monoisotopic (exact) mass is 402 g/mol. The van der Waals surface area contributed by atoms with E-state index in [1.54, 1.807) is 6.07 Å². The molecule has 0 aliphatic rings. The van der Waals surface area contributed by atoms with Gasteiger partial charge in [0.1, 0.15) is 23.8 Å². The molecule has 3 N–H and O–H groups in total. The zero-order valence-corrected chi connectivity index (χ0v) is 16.4. The molecule has 0 bridgehead atoms. The van der Waals surface area contributed by atoms with E-state index in [4.69, 9.17) is 14.3 Å². The fraction of sp³-hybridized carbons (Fsp3) is 0.350. The first-order chi connectivity index (χ1) is 13.9. The van der Waals surface area contributed by atoms with Crippen molar-refractivity contribution in [3.63, 3.8) is 0 Å². The lowest BCUT2D eigenvalue weighted by Crippen LogP contribution is -2.35. The van der Waals surface area contributed by atoms with E-state index in [0.717, 1.165) is 5.56 Å². The number of aromatic nitrogens is 2. The molecule has 1 atom stereocenters. The Morgan fingerprint density at radius 3 is 2.69 bits per heavy atom. The van der Waals surface area contributed by atoms with Gasteiger partial charge in [-0.3, -0.25) is 0 Å². The summed E-state index contributed by atoms with van der Waals surface area (Å²) in [5.41, 5.74) is 1.73. The average Bonchev–Trinajstić information content (AvgIpc) is 3.01. The molecule has 2 heterocycles. The van der Waals surface area contributed by atoms with Gasteiger partial charge in [-0.2, -0.15) is 0 Å². The summed E-state index contributed by atoms with van der Waals surface area (Å²) < 4.78 is 24.6. The van der Waals surface area contributed by atoms with Crippen LogP contribution in [-0.2, 0) is 0 Å². The predicted octanol–water partition coefficient (Wildman–Crippen LogP) is 3.56. The van der Waals surface area contributed by atoms with Crippen molar-refractivity contribution in [3.8, 4) is 6.01 Å². The Balaban J connectivity index is 1.74. The summed E-state index contributed by atoms with van der Waals surface area (Å²) in [6.45, 7) is 5.69. The number of halogens is 1. The van der Waals surface area contributed by atoms with Crippen LogP contribution in [-0.4, -0.2) is 34.3 Å². The van der Waals surface area contributed by atoms with Gasteiger partial charge >= 0.3 is 12.0 Å². The van der Waals surface area contributed by atoms with E-state index in [9.17, 15) is 9.18 Å². The Labute approximate surface area is 167 Å². The summed E-state index contributed by atoms with van der Waals surface area (Å²) >= 11 is 0. The maximum Gasteiger partial charge on any atom is 0.319 e. The molecule has 3 rings (SSSR count). The second kappa shape index (κ2) is 8.87. The molecule has 0 fully saturated rings. The van der Waals surface area contributed by atoms with E-state index in [0.29, 0.717) is 22.4 Å². The van der Waals surface area contributed by atoms with Gasteiger partial charge in [0.05, 0.1) is 30.7 Å². The van der Waals surface area contributed by atoms with Crippen LogP contribution in [0.5, 0.6) is 6.01 Å². The van der Waals surface area contributed by atoms with Gasteiger partial charge in [0.25, 0.3) is 0 Å². The van der Waals surface area contributed by atoms with Gasteiger partial charge in [-0.15, -0.1) is 0 Å². The fourth-order valence-electron chi connectivity index (χ4n) is 2.94. The lowest BCUT2D eigenvalue weighted by molar-refractivity contribution is 0.191. The number of aliphatic hydroxyl groups is 1. The van der Waals surface area contributed by atoms with E-state index >= 15 is 0 Å². The summed E-state index contributed by atoms with van der Waals surface area (Å²) in [4.78, 5) is 20.4. The highest BCUT2D eigenvalue weighted by Gasteiger charge is 2.25. The smallest absolute Gasteiger partial charge is 0.319 e. The van der Waals surface area contributed by atoms with Crippen LogP contribution >= 0.6 is 0 Å². The number of furan rings is 1. The van der Waals surface area contributed by atoms with Crippen molar-refractivity contribution in [3.05, 3.63) is 47.7 Å². The summed E-state index contributed by atoms with van der Waals surface area (Å²) in [6.07, 6.45) is 2.80. The minimum Gasteiger partial charge on any atom is -0.461 e. The van der Waals surface area contributed by atoms with Crippen molar-refractivity contribution in [2.45, 2.75) is 26.8 Å². The first kappa shape index (κ1) is 20.5. The number of hydrogen-bond acceptors (Lipinski definition) is 6. The minimum absolute atomic E-state index is 0.0235. The van der Waals surface area contributed by atoms with Crippen LogP contribution in [0.15, 0.2) is 35.0 Å². The quantitative estimate of drug-likeness (QED) is 0.557. The van der Waals surface area contributed by atoms with Crippen LogP contribution in [0, 0.1) is 18.7 Å². The SMILES string of the molecule is Cc1c([C@@H](NC(=O)Nc2cnc(OCCO)nc2)C(C)C)oc2ccc(F)cc12. The maximum atomic E-state index is 13.6. The van der Waals surface area contributed by atoms with Crippen LogP contribution in [0.1, 0.15) is 31.2 Å². The molecule has 3 aromatic rings. The molecule has 0 radical (unpaired) electrons. The summed E-state index contributed by atoms with van der Waals surface area (Å²) in [5, 5.41) is 15.0. The van der Waals surface area contributed by atoms with Crippen molar-refractivity contribution in [2.24, 2.45) is 5.92 Å². The fourth-order valence-corrected chi connectivity index (χ4v) is 2.94. The third kappa shape index (κ3) is 4.80. The number of nitrogens with zero attached hydrogens (tertiary/aromatic N) is 2. The number of nitrogens with one attached hydrogen (secondary N) is 2. The number of fused-ring (bicyclic) bond motifs is 1. The zero-order chi connectivity index (χ0) is 21.0. The third-order valence-corrected chi connectivity index (χ3v) is 4.38. The second-order valence-corrected chi connectivity index (χ2v) is 6.88. The highest BCUT2D eigenvalue weighted by atomic mass is 19.1. The molecular formula is C20H23FN4O4. The zero-order valence-electron chi connectivity index (χ0n) is 16.4. The first-order valence-electron chi connectivity index (χ1n) is 9.20. The second-order valence-electron chi connectivity index (χ2n) is 6.88. The Morgan fingerprint density at radius 1 is 1.31 bits per heavy atom. The molecule has 0 aliphatic carbocycles. The number of carbonyl (C=O) groups is 1. The average molecular weight is 402 g/mol. The maximum absolute atomic E-state index is 13.6. The number of aryl methyl sites for hydroxylation is 1. The molecule has 29 heavy (non-hydrogen) atoms. The molecule has 2 aromatic heterocycles. The largest absolute Gasteiger partial charge is 0.461 e. The molecule has 0 unspecified atom stereocenters. The number of carbonyl (C=O) groups excluding carboxylic acids is 1. The molecule has 0 saturated heterocycles. The Hall–Kier alpha value is -3.20. The summed E-state index contributed by atoms with van der Waals surface area (Å²) in [7, 11) is 0. The lowest BCUT2D eigenvalue weighted by Gasteiger charge is -2.21. The summed E-state index contributed by atoms with van der Waals surface area (Å²) in [6, 6.07) is 3.58. The topological polar surface area (TPSA) is 110 Å². The molecule has 0 aliphatic heterocycles. The van der Waals surface area contributed by atoms with Crippen molar-refractivity contribution in [1.29, 1.82) is 0 Å². The molecule has 0 saturated carbocycles. The van der Waals surface area contributed by atoms with Crippen LogP contribution < -0.4 is 15.4 Å². The van der Waals surface area contributed by atoms with E-state index in [-0.39, 0.29) is 31.0 Å². The van der Waals surface area contributed by atoms with Gasteiger partial charge in [-0.05, 0) is 31.0 Å². The number of urea groups is 1. The number of ether oxygens (including phenoxy) is 1. The molecule has 0 spiro atoms. The molecular weight excluding hydrogens is 379 g/mol. The van der Waals surface area contributed by atoms with Crippen LogP contribution in [0.25, 0.3) is 11.0 Å². The van der Waals surface area contributed by atoms with Gasteiger partial charge < -0.3 is 24.9 Å². The van der Waals surface area contributed by atoms with Crippen molar-refractivity contribution < 1.29 is 23.4 Å². The van der Waals surface area contributed by atoms with Crippen LogP contribution in [0.2, 0.25) is 0 Å². The molecule has 2 amide bonds. The van der Waals surface area contributed by atoms with Crippen LogP contribution in [0.4, 0.5) is 14.9 Å². The van der Waals surface area contributed by atoms with Crippen molar-refractivity contribution in [2.75, 3.05) is 18.5 Å². The summed E-state index contributed by atoms with van der Waals surface area (Å²) in [5.74, 6) is 0.265. The highest BCUT2D eigenvalue weighted by Crippen LogP contribution is 2.33.